The molecule has 1 saturated heterocycles. The number of amides is 2. The molecule has 11 heteroatoms. The van der Waals surface area contributed by atoms with Gasteiger partial charge in [0, 0.05) is 31.4 Å². The van der Waals surface area contributed by atoms with E-state index in [0.717, 1.165) is 5.56 Å². The number of aliphatic carboxylic acids is 1. The number of carboxylic acid groups (broad SMARTS) is 1. The number of carboxylic acids is 1. The van der Waals surface area contributed by atoms with Crippen molar-refractivity contribution in [3.05, 3.63) is 65.5 Å². The van der Waals surface area contributed by atoms with Crippen molar-refractivity contribution in [2.75, 3.05) is 7.05 Å². The summed E-state index contributed by atoms with van der Waals surface area (Å²) in [5.41, 5.74) is 7.48. The number of benzene rings is 1. The fourth-order valence-corrected chi connectivity index (χ4v) is 3.65. The number of nitrogens with one attached hydrogen (secondary N) is 2. The molecule has 0 radical (unpaired) electrons. The molecule has 2 heterocycles. The SMILES string of the molecule is CN1C(=O)O[C@@H](CC(=O)N[C@@H](CC(=O)O)c2cccnc2)C[C@H]1c1ccc(C(=N)N)cc1.Cl. The smallest absolute Gasteiger partial charge is 0.410 e. The molecule has 1 aromatic carbocycles. The highest BCUT2D eigenvalue weighted by molar-refractivity contribution is 5.94. The van der Waals surface area contributed by atoms with Gasteiger partial charge in [-0.05, 0) is 17.2 Å². The standard InChI is InChI=1S/C22H25N5O5.ClH/c1-27-18(13-4-6-14(7-5-13)21(23)24)9-16(32-22(27)31)10-19(28)26-17(11-20(29)30)15-3-2-8-25-12-15;/h2-8,12,16-18H,9-11H2,1H3,(H3,23,24)(H,26,28)(H,29,30);1H/t16-,17+,18+;/m1./s1. The summed E-state index contributed by atoms with van der Waals surface area (Å²) in [5.74, 6) is -1.53. The van der Waals surface area contributed by atoms with E-state index >= 15 is 0 Å². The normalized spacial score (nSPS) is 18.5. The lowest BCUT2D eigenvalue weighted by Gasteiger charge is -2.37. The van der Waals surface area contributed by atoms with E-state index in [9.17, 15) is 19.5 Å². The Labute approximate surface area is 197 Å². The van der Waals surface area contributed by atoms with Crippen molar-refractivity contribution in [1.82, 2.24) is 15.2 Å². The highest BCUT2D eigenvalue weighted by Gasteiger charge is 2.35. The van der Waals surface area contributed by atoms with Crippen LogP contribution in [0.25, 0.3) is 0 Å². The van der Waals surface area contributed by atoms with Crippen molar-refractivity contribution in [2.45, 2.75) is 37.5 Å². The van der Waals surface area contributed by atoms with Gasteiger partial charge in [0.15, 0.2) is 0 Å². The zero-order valence-corrected chi connectivity index (χ0v) is 18.7. The Morgan fingerprint density at radius 1 is 1.33 bits per heavy atom. The van der Waals surface area contributed by atoms with E-state index in [4.69, 9.17) is 15.9 Å². The van der Waals surface area contributed by atoms with E-state index in [-0.39, 0.29) is 37.1 Å². The molecule has 0 saturated carbocycles. The summed E-state index contributed by atoms with van der Waals surface area (Å²) in [6, 6.07) is 9.29. The number of ether oxygens (including phenoxy) is 1. The van der Waals surface area contributed by atoms with Gasteiger partial charge in [0.25, 0.3) is 0 Å². The lowest BCUT2D eigenvalue weighted by atomic mass is 9.95. The summed E-state index contributed by atoms with van der Waals surface area (Å²) in [7, 11) is 1.62. The van der Waals surface area contributed by atoms with Gasteiger partial charge in [0.05, 0.1) is 24.9 Å². The van der Waals surface area contributed by atoms with Crippen LogP contribution in [0.1, 0.15) is 48.0 Å². The Hall–Kier alpha value is -3.66. The zero-order valence-electron chi connectivity index (χ0n) is 17.9. The quantitative estimate of drug-likeness (QED) is 0.337. The fourth-order valence-electron chi connectivity index (χ4n) is 3.65. The lowest BCUT2D eigenvalue weighted by molar-refractivity contribution is -0.137. The number of rotatable bonds is 8. The monoisotopic (exact) mass is 475 g/mol. The van der Waals surface area contributed by atoms with Gasteiger partial charge in [-0.15, -0.1) is 12.4 Å². The molecule has 0 unspecified atom stereocenters. The molecule has 1 aliphatic heterocycles. The second-order valence-electron chi connectivity index (χ2n) is 7.61. The molecule has 2 aromatic rings. The van der Waals surface area contributed by atoms with Gasteiger partial charge >= 0.3 is 12.1 Å². The van der Waals surface area contributed by atoms with Gasteiger partial charge in [-0.25, -0.2) is 4.79 Å². The number of halogens is 1. The van der Waals surface area contributed by atoms with Crippen LogP contribution in [-0.2, 0) is 14.3 Å². The number of hydrogen-bond donors (Lipinski definition) is 4. The largest absolute Gasteiger partial charge is 0.481 e. The Bertz CT molecular complexity index is 1000. The number of cyclic esters (lactones) is 1. The second-order valence-corrected chi connectivity index (χ2v) is 7.61. The second kappa shape index (κ2) is 11.3. The fraction of sp³-hybridized carbons (Fsp3) is 0.318. The minimum absolute atomic E-state index is 0. The molecule has 0 bridgehead atoms. The van der Waals surface area contributed by atoms with Gasteiger partial charge in [0.1, 0.15) is 11.9 Å². The maximum Gasteiger partial charge on any atom is 0.410 e. The Morgan fingerprint density at radius 2 is 2.03 bits per heavy atom. The molecular formula is C22H26ClN5O5. The average molecular weight is 476 g/mol. The Balaban J connectivity index is 0.00000385. The Morgan fingerprint density at radius 3 is 2.61 bits per heavy atom. The minimum atomic E-state index is -1.06. The topological polar surface area (TPSA) is 159 Å². The molecular weight excluding hydrogens is 450 g/mol. The minimum Gasteiger partial charge on any atom is -0.481 e. The summed E-state index contributed by atoms with van der Waals surface area (Å²) >= 11 is 0. The van der Waals surface area contributed by atoms with Gasteiger partial charge in [-0.2, -0.15) is 0 Å². The van der Waals surface area contributed by atoms with Crippen molar-refractivity contribution in [1.29, 1.82) is 5.41 Å². The third kappa shape index (κ3) is 6.66. The summed E-state index contributed by atoms with van der Waals surface area (Å²) in [6.45, 7) is 0. The van der Waals surface area contributed by atoms with Crippen molar-refractivity contribution in [3.8, 4) is 0 Å². The number of carbonyl (C=O) groups excluding carboxylic acids is 2. The van der Waals surface area contributed by atoms with Gasteiger partial charge in [-0.1, -0.05) is 30.3 Å². The first kappa shape index (κ1) is 25.6. The third-order valence-electron chi connectivity index (χ3n) is 5.33. The van der Waals surface area contributed by atoms with Gasteiger partial charge < -0.3 is 25.8 Å². The molecule has 0 aliphatic carbocycles. The van der Waals surface area contributed by atoms with Crippen LogP contribution >= 0.6 is 12.4 Å². The van der Waals surface area contributed by atoms with E-state index in [1.54, 1.807) is 49.6 Å². The maximum atomic E-state index is 12.7. The summed E-state index contributed by atoms with van der Waals surface area (Å²) < 4.78 is 5.39. The average Bonchev–Trinajstić information content (AvgIpc) is 2.76. The van der Waals surface area contributed by atoms with Crippen LogP contribution in [0.2, 0.25) is 0 Å². The predicted molar refractivity (Wildman–Crippen MR) is 122 cm³/mol. The van der Waals surface area contributed by atoms with E-state index in [1.807, 2.05) is 0 Å². The third-order valence-corrected chi connectivity index (χ3v) is 5.33. The van der Waals surface area contributed by atoms with Crippen LogP contribution < -0.4 is 11.1 Å². The molecule has 33 heavy (non-hydrogen) atoms. The van der Waals surface area contributed by atoms with Crippen LogP contribution in [-0.4, -0.2) is 51.9 Å². The molecule has 0 spiro atoms. The van der Waals surface area contributed by atoms with E-state index in [2.05, 4.69) is 10.3 Å². The number of hydrogen-bond acceptors (Lipinski definition) is 6. The molecule has 3 atom stereocenters. The predicted octanol–water partition coefficient (Wildman–Crippen LogP) is 2.39. The van der Waals surface area contributed by atoms with Crippen molar-refractivity contribution >= 4 is 36.2 Å². The van der Waals surface area contributed by atoms with Crippen LogP contribution in [0.15, 0.2) is 48.8 Å². The number of aromatic nitrogens is 1. The van der Waals surface area contributed by atoms with E-state index in [0.29, 0.717) is 17.5 Å². The molecule has 2 amide bonds. The van der Waals surface area contributed by atoms with Gasteiger partial charge in [-0.3, -0.25) is 20.0 Å². The van der Waals surface area contributed by atoms with E-state index in [1.165, 1.54) is 11.1 Å². The van der Waals surface area contributed by atoms with Crippen LogP contribution in [0.4, 0.5) is 4.79 Å². The zero-order chi connectivity index (χ0) is 23.3. The highest BCUT2D eigenvalue weighted by atomic mass is 35.5. The number of nitrogen functional groups attached to an aromatic ring is 1. The maximum absolute atomic E-state index is 12.7. The first-order valence-electron chi connectivity index (χ1n) is 10.0. The molecule has 176 valence electrons. The van der Waals surface area contributed by atoms with Crippen molar-refractivity contribution in [2.24, 2.45) is 5.73 Å². The van der Waals surface area contributed by atoms with Crippen LogP contribution in [0.3, 0.4) is 0 Å². The van der Waals surface area contributed by atoms with Crippen molar-refractivity contribution < 1.29 is 24.2 Å². The number of nitrogens with two attached hydrogens (primary N) is 1. The number of amidine groups is 1. The summed E-state index contributed by atoms with van der Waals surface area (Å²) in [6.07, 6.45) is 1.83. The molecule has 1 aliphatic rings. The summed E-state index contributed by atoms with van der Waals surface area (Å²) in [5, 5.41) is 19.4. The molecule has 5 N–H and O–H groups in total. The van der Waals surface area contributed by atoms with E-state index < -0.39 is 30.1 Å². The lowest BCUT2D eigenvalue weighted by Crippen LogP contribution is -2.44. The first-order valence-corrected chi connectivity index (χ1v) is 10.0. The molecule has 10 nitrogen and oxygen atoms in total. The summed E-state index contributed by atoms with van der Waals surface area (Å²) in [4.78, 5) is 41.7. The van der Waals surface area contributed by atoms with Gasteiger partial charge in [0.2, 0.25) is 5.91 Å². The van der Waals surface area contributed by atoms with Crippen LogP contribution in [0, 0.1) is 5.41 Å². The van der Waals surface area contributed by atoms with Crippen LogP contribution in [0.5, 0.6) is 0 Å². The number of pyridine rings is 1. The Kier molecular flexibility index (Phi) is 8.75. The van der Waals surface area contributed by atoms with Crippen molar-refractivity contribution in [3.63, 3.8) is 0 Å². The molecule has 1 aromatic heterocycles. The molecule has 3 rings (SSSR count). The number of nitrogens with zero attached hydrogens (tertiary/aromatic N) is 2. The highest BCUT2D eigenvalue weighted by Crippen LogP contribution is 2.32. The number of carbonyl (C=O) groups is 3. The molecule has 1 fully saturated rings. The first-order chi connectivity index (χ1) is 15.2.